The second kappa shape index (κ2) is 4.02. The lowest BCUT2D eigenvalue weighted by Crippen LogP contribution is -2.45. The minimum atomic E-state index is -1.11. The molecule has 2 atom stereocenters. The Balaban J connectivity index is 2.08. The summed E-state index contributed by atoms with van der Waals surface area (Å²) >= 11 is 0. The number of nitrogens with two attached hydrogens (primary N) is 1. The molecule has 1 aliphatic heterocycles. The third-order valence-electron chi connectivity index (χ3n) is 2.64. The molecule has 0 spiro atoms. The van der Waals surface area contributed by atoms with Crippen molar-refractivity contribution in [1.82, 2.24) is 4.98 Å². The van der Waals surface area contributed by atoms with Crippen LogP contribution in [-0.4, -0.2) is 35.5 Å². The largest absolute Gasteiger partial charge is 0.388 e. The van der Waals surface area contributed by atoms with Crippen molar-refractivity contribution in [2.75, 3.05) is 23.7 Å². The molecule has 3 N–H and O–H groups in total. The number of piperidine rings is 1. The maximum atomic E-state index is 13.0. The third-order valence-corrected chi connectivity index (χ3v) is 2.64. The number of anilines is 2. The summed E-state index contributed by atoms with van der Waals surface area (Å²) in [4.78, 5) is 5.87. The lowest BCUT2D eigenvalue weighted by atomic mass is 10.1. The van der Waals surface area contributed by atoms with Gasteiger partial charge in [0.1, 0.15) is 18.1 Å². The monoisotopic (exact) mass is 211 g/mol. The number of β-amino-alcohol motifs (C(OH)–C–C–N with tert-alkyl or cyclic N) is 1. The molecule has 2 heterocycles. The van der Waals surface area contributed by atoms with Gasteiger partial charge in [0.2, 0.25) is 0 Å². The first-order valence-corrected chi connectivity index (χ1v) is 4.95. The first kappa shape index (κ1) is 10.2. The SMILES string of the molecule is Nc1ccc(N2CCC(F)[C@H](O)C2)cn1. The average molecular weight is 211 g/mol. The normalized spacial score (nSPS) is 26.7. The number of pyridine rings is 1. The zero-order valence-electron chi connectivity index (χ0n) is 8.31. The Labute approximate surface area is 87.5 Å². The van der Waals surface area contributed by atoms with E-state index in [-0.39, 0.29) is 0 Å². The lowest BCUT2D eigenvalue weighted by Gasteiger charge is -2.33. The topological polar surface area (TPSA) is 62.4 Å². The van der Waals surface area contributed by atoms with E-state index in [1.165, 1.54) is 0 Å². The summed E-state index contributed by atoms with van der Waals surface area (Å²) in [5, 5.41) is 9.40. The molecule has 1 aromatic rings. The molecule has 2 rings (SSSR count). The fourth-order valence-electron chi connectivity index (χ4n) is 1.72. The molecule has 0 amide bonds. The van der Waals surface area contributed by atoms with Crippen LogP contribution >= 0.6 is 0 Å². The fraction of sp³-hybridized carbons (Fsp3) is 0.500. The van der Waals surface area contributed by atoms with Gasteiger partial charge in [-0.15, -0.1) is 0 Å². The van der Waals surface area contributed by atoms with E-state index in [1.807, 2.05) is 11.0 Å². The fourth-order valence-corrected chi connectivity index (χ4v) is 1.72. The van der Waals surface area contributed by atoms with Gasteiger partial charge >= 0.3 is 0 Å². The Kier molecular flexibility index (Phi) is 2.73. The van der Waals surface area contributed by atoms with Gasteiger partial charge in [0, 0.05) is 13.1 Å². The van der Waals surface area contributed by atoms with Crippen molar-refractivity contribution in [3.05, 3.63) is 18.3 Å². The van der Waals surface area contributed by atoms with Gasteiger partial charge in [0.15, 0.2) is 0 Å². The van der Waals surface area contributed by atoms with Crippen LogP contribution in [0.4, 0.5) is 15.9 Å². The Bertz CT molecular complexity index is 330. The van der Waals surface area contributed by atoms with Crippen molar-refractivity contribution >= 4 is 11.5 Å². The van der Waals surface area contributed by atoms with Gasteiger partial charge in [-0.1, -0.05) is 0 Å². The van der Waals surface area contributed by atoms with Crippen molar-refractivity contribution in [2.24, 2.45) is 0 Å². The minimum Gasteiger partial charge on any atom is -0.388 e. The van der Waals surface area contributed by atoms with E-state index in [9.17, 15) is 9.50 Å². The zero-order chi connectivity index (χ0) is 10.8. The molecule has 15 heavy (non-hydrogen) atoms. The second-order valence-electron chi connectivity index (χ2n) is 3.76. The van der Waals surface area contributed by atoms with Crippen LogP contribution in [0.25, 0.3) is 0 Å². The third kappa shape index (κ3) is 2.18. The Morgan fingerprint density at radius 2 is 2.33 bits per heavy atom. The summed E-state index contributed by atoms with van der Waals surface area (Å²) in [5.74, 6) is 0.458. The molecule has 1 fully saturated rings. The molecular weight excluding hydrogens is 197 g/mol. The number of nitrogen functional groups attached to an aromatic ring is 1. The van der Waals surface area contributed by atoms with E-state index >= 15 is 0 Å². The summed E-state index contributed by atoms with van der Waals surface area (Å²) in [6, 6.07) is 3.52. The minimum absolute atomic E-state index is 0.312. The highest BCUT2D eigenvalue weighted by Crippen LogP contribution is 2.21. The van der Waals surface area contributed by atoms with Crippen molar-refractivity contribution in [2.45, 2.75) is 18.7 Å². The molecule has 0 bridgehead atoms. The quantitative estimate of drug-likeness (QED) is 0.713. The summed E-state index contributed by atoms with van der Waals surface area (Å²) < 4.78 is 13.0. The number of rotatable bonds is 1. The molecule has 1 unspecified atom stereocenters. The van der Waals surface area contributed by atoms with Crippen LogP contribution in [0.5, 0.6) is 0 Å². The number of aliphatic hydroxyl groups excluding tert-OH is 1. The molecule has 1 aromatic heterocycles. The first-order valence-electron chi connectivity index (χ1n) is 4.95. The van der Waals surface area contributed by atoms with Crippen molar-refractivity contribution < 1.29 is 9.50 Å². The Morgan fingerprint density at radius 1 is 1.53 bits per heavy atom. The van der Waals surface area contributed by atoms with Gasteiger partial charge in [-0.05, 0) is 18.6 Å². The maximum absolute atomic E-state index is 13.0. The highest BCUT2D eigenvalue weighted by atomic mass is 19.1. The first-order chi connectivity index (χ1) is 7.16. The van der Waals surface area contributed by atoms with E-state index in [1.54, 1.807) is 12.3 Å². The predicted octanol–water partition coefficient (Wildman–Crippen LogP) is 0.573. The van der Waals surface area contributed by atoms with Gasteiger partial charge < -0.3 is 15.7 Å². The van der Waals surface area contributed by atoms with Gasteiger partial charge in [-0.3, -0.25) is 0 Å². The average Bonchev–Trinajstić information content (AvgIpc) is 2.23. The molecule has 82 valence electrons. The molecule has 0 saturated carbocycles. The van der Waals surface area contributed by atoms with Crippen molar-refractivity contribution in [3.8, 4) is 0 Å². The van der Waals surface area contributed by atoms with Crippen LogP contribution in [0.1, 0.15) is 6.42 Å². The Morgan fingerprint density at radius 3 is 2.93 bits per heavy atom. The van der Waals surface area contributed by atoms with Crippen LogP contribution in [0.2, 0.25) is 0 Å². The number of alkyl halides is 1. The number of hydrogen-bond acceptors (Lipinski definition) is 4. The molecule has 0 aromatic carbocycles. The number of aromatic nitrogens is 1. The van der Waals surface area contributed by atoms with E-state index in [4.69, 9.17) is 5.73 Å². The molecule has 0 radical (unpaired) electrons. The number of nitrogens with zero attached hydrogens (tertiary/aromatic N) is 2. The molecular formula is C10H14FN3O. The zero-order valence-corrected chi connectivity index (χ0v) is 8.31. The van der Waals surface area contributed by atoms with Crippen molar-refractivity contribution in [3.63, 3.8) is 0 Å². The lowest BCUT2D eigenvalue weighted by molar-refractivity contribution is 0.0645. The van der Waals surface area contributed by atoms with E-state index in [0.717, 1.165) is 5.69 Å². The molecule has 4 nitrogen and oxygen atoms in total. The highest BCUT2D eigenvalue weighted by Gasteiger charge is 2.27. The summed E-state index contributed by atoms with van der Waals surface area (Å²) in [5.41, 5.74) is 6.34. The predicted molar refractivity (Wildman–Crippen MR) is 56.4 cm³/mol. The summed E-state index contributed by atoms with van der Waals surface area (Å²) in [7, 11) is 0. The summed E-state index contributed by atoms with van der Waals surface area (Å²) in [6.45, 7) is 0.913. The van der Waals surface area contributed by atoms with Crippen LogP contribution in [0.15, 0.2) is 18.3 Å². The van der Waals surface area contributed by atoms with E-state index < -0.39 is 12.3 Å². The van der Waals surface area contributed by atoms with Gasteiger partial charge in [-0.2, -0.15) is 0 Å². The van der Waals surface area contributed by atoms with Crippen LogP contribution in [0, 0.1) is 0 Å². The molecule has 0 aliphatic carbocycles. The van der Waals surface area contributed by atoms with Gasteiger partial charge in [0.25, 0.3) is 0 Å². The Hall–Kier alpha value is -1.36. The highest BCUT2D eigenvalue weighted by molar-refractivity contribution is 5.48. The van der Waals surface area contributed by atoms with Gasteiger partial charge in [0.05, 0.1) is 11.9 Å². The van der Waals surface area contributed by atoms with E-state index in [0.29, 0.717) is 25.3 Å². The van der Waals surface area contributed by atoms with Gasteiger partial charge in [-0.25, -0.2) is 9.37 Å². The number of hydrogen-bond donors (Lipinski definition) is 2. The molecule has 1 aliphatic rings. The molecule has 5 heteroatoms. The standard InChI is InChI=1S/C10H14FN3O/c11-8-3-4-14(6-9(8)15)7-1-2-10(12)13-5-7/h1-2,5,8-9,15H,3-4,6H2,(H2,12,13)/t8?,9-/m1/s1. The number of aliphatic hydroxyl groups is 1. The van der Waals surface area contributed by atoms with Crippen LogP contribution in [-0.2, 0) is 0 Å². The molecule has 1 saturated heterocycles. The maximum Gasteiger partial charge on any atom is 0.129 e. The van der Waals surface area contributed by atoms with Crippen molar-refractivity contribution in [1.29, 1.82) is 0 Å². The second-order valence-corrected chi connectivity index (χ2v) is 3.76. The summed E-state index contributed by atoms with van der Waals surface area (Å²) in [6.07, 6.45) is -0.0223. The van der Waals surface area contributed by atoms with Crippen LogP contribution < -0.4 is 10.6 Å². The van der Waals surface area contributed by atoms with E-state index in [2.05, 4.69) is 4.98 Å². The number of halogens is 1. The smallest absolute Gasteiger partial charge is 0.129 e. The van der Waals surface area contributed by atoms with Crippen LogP contribution in [0.3, 0.4) is 0 Å².